The Kier molecular flexibility index (Phi) is 10.3. The molecule has 0 heterocycles. The zero-order valence-electron chi connectivity index (χ0n) is 20.1. The Morgan fingerprint density at radius 1 is 0.972 bits per heavy atom. The molecule has 1 N–H and O–H groups in total. The van der Waals surface area contributed by atoms with Gasteiger partial charge in [-0.25, -0.2) is 8.42 Å². The molecule has 3 rings (SSSR count). The Hall–Kier alpha value is -2.88. The van der Waals surface area contributed by atoms with Gasteiger partial charge in [-0.3, -0.25) is 9.10 Å². The quantitative estimate of drug-likeness (QED) is 0.303. The highest BCUT2D eigenvalue weighted by atomic mass is 35.5. The lowest BCUT2D eigenvalue weighted by atomic mass is 10.2. The number of hydrogen-bond donors (Lipinski definition) is 1. The fourth-order valence-corrected chi connectivity index (χ4v) is 5.86. The minimum atomic E-state index is -4.10. The van der Waals surface area contributed by atoms with E-state index in [1.807, 2.05) is 18.2 Å². The number of thioether (sulfide) groups is 1. The van der Waals surface area contributed by atoms with Crippen molar-refractivity contribution in [1.29, 1.82) is 0 Å². The van der Waals surface area contributed by atoms with Crippen molar-refractivity contribution >= 4 is 45.0 Å². The predicted molar refractivity (Wildman–Crippen MR) is 146 cm³/mol. The molecule has 3 aromatic carbocycles. The third-order valence-corrected chi connectivity index (χ3v) is 8.38. The van der Waals surface area contributed by atoms with Gasteiger partial charge in [0.1, 0.15) is 6.54 Å². The average Bonchev–Trinajstić information content (AvgIpc) is 2.90. The molecule has 0 saturated carbocycles. The van der Waals surface area contributed by atoms with Gasteiger partial charge in [-0.15, -0.1) is 0 Å². The van der Waals surface area contributed by atoms with Crippen LogP contribution in [0.5, 0.6) is 11.5 Å². The minimum Gasteiger partial charge on any atom is -0.493 e. The lowest BCUT2D eigenvalue weighted by Crippen LogP contribution is -2.41. The van der Waals surface area contributed by atoms with Crippen LogP contribution in [-0.2, 0) is 20.6 Å². The molecule has 0 atom stereocenters. The van der Waals surface area contributed by atoms with Crippen LogP contribution in [0.1, 0.15) is 12.0 Å². The van der Waals surface area contributed by atoms with Crippen LogP contribution in [-0.4, -0.2) is 47.4 Å². The van der Waals surface area contributed by atoms with Crippen LogP contribution in [0, 0.1) is 0 Å². The molecule has 0 aliphatic carbocycles. The molecule has 36 heavy (non-hydrogen) atoms. The van der Waals surface area contributed by atoms with Crippen molar-refractivity contribution in [1.82, 2.24) is 5.32 Å². The number of carbonyl (C=O) groups excluding carboxylic acids is 1. The highest BCUT2D eigenvalue weighted by Crippen LogP contribution is 2.32. The van der Waals surface area contributed by atoms with Crippen molar-refractivity contribution in [3.05, 3.63) is 83.4 Å². The van der Waals surface area contributed by atoms with Crippen LogP contribution in [0.3, 0.4) is 0 Å². The van der Waals surface area contributed by atoms with Crippen LogP contribution < -0.4 is 19.1 Å². The number of halogens is 1. The summed E-state index contributed by atoms with van der Waals surface area (Å²) < 4.78 is 38.7. The maximum Gasteiger partial charge on any atom is 0.264 e. The number of sulfonamides is 1. The first-order valence-electron chi connectivity index (χ1n) is 11.2. The fraction of sp³-hybridized carbons (Fsp3) is 0.269. The predicted octanol–water partition coefficient (Wildman–Crippen LogP) is 4.99. The molecule has 0 fully saturated rings. The number of nitrogens with one attached hydrogen (secondary N) is 1. The molecule has 3 aromatic rings. The van der Waals surface area contributed by atoms with E-state index in [1.54, 1.807) is 36.0 Å². The summed E-state index contributed by atoms with van der Waals surface area (Å²) in [5, 5.41) is 3.29. The lowest BCUT2D eigenvalue weighted by Gasteiger charge is -2.24. The summed E-state index contributed by atoms with van der Waals surface area (Å²) >= 11 is 7.78. The summed E-state index contributed by atoms with van der Waals surface area (Å²) in [7, 11) is -1.20. The first-order chi connectivity index (χ1) is 17.3. The van der Waals surface area contributed by atoms with Crippen molar-refractivity contribution < 1.29 is 22.7 Å². The topological polar surface area (TPSA) is 84.9 Å². The van der Waals surface area contributed by atoms with Crippen LogP contribution in [0.15, 0.2) is 77.7 Å². The first-order valence-corrected chi connectivity index (χ1v) is 14.2. The summed E-state index contributed by atoms with van der Waals surface area (Å²) in [6, 6.07) is 20.8. The second-order valence-electron chi connectivity index (χ2n) is 7.75. The molecule has 1 amide bonds. The van der Waals surface area contributed by atoms with Gasteiger partial charge in [0.25, 0.3) is 10.0 Å². The Labute approximate surface area is 221 Å². The van der Waals surface area contributed by atoms with E-state index in [-0.39, 0.29) is 17.2 Å². The van der Waals surface area contributed by atoms with Crippen molar-refractivity contribution in [2.75, 3.05) is 37.4 Å². The maximum atomic E-state index is 13.6. The summed E-state index contributed by atoms with van der Waals surface area (Å²) in [5.41, 5.74) is 1.58. The molecular weight excluding hydrogens is 520 g/mol. The van der Waals surface area contributed by atoms with Gasteiger partial charge >= 0.3 is 0 Å². The molecule has 0 saturated heterocycles. The van der Waals surface area contributed by atoms with E-state index in [9.17, 15) is 13.2 Å². The lowest BCUT2D eigenvalue weighted by molar-refractivity contribution is -0.119. The number of hydrogen-bond acceptors (Lipinski definition) is 6. The number of benzene rings is 3. The fourth-order valence-electron chi connectivity index (χ4n) is 3.38. The number of carbonyl (C=O) groups is 1. The number of rotatable bonds is 13. The molecule has 0 aromatic heterocycles. The number of anilines is 1. The second kappa shape index (κ2) is 13.4. The van der Waals surface area contributed by atoms with E-state index >= 15 is 0 Å². The SMILES string of the molecule is COc1ccc(S(=O)(=O)N(CC(=O)NCCCSCc2ccccc2)c2ccc(Cl)cc2)cc1OC. The summed E-state index contributed by atoms with van der Waals surface area (Å²) in [5.74, 6) is 2.05. The van der Waals surface area contributed by atoms with Gasteiger partial charge in [-0.05, 0) is 54.1 Å². The largest absolute Gasteiger partial charge is 0.493 e. The smallest absolute Gasteiger partial charge is 0.264 e. The molecule has 10 heteroatoms. The van der Waals surface area contributed by atoms with Gasteiger partial charge in [-0.2, -0.15) is 11.8 Å². The molecule has 0 bridgehead atoms. The molecule has 0 spiro atoms. The number of ether oxygens (including phenoxy) is 2. The molecule has 0 radical (unpaired) electrons. The minimum absolute atomic E-state index is 0.0276. The van der Waals surface area contributed by atoms with E-state index in [0.717, 1.165) is 22.2 Å². The van der Waals surface area contributed by atoms with Gasteiger partial charge < -0.3 is 14.8 Å². The number of amides is 1. The van der Waals surface area contributed by atoms with Crippen molar-refractivity contribution in [3.8, 4) is 11.5 Å². The Morgan fingerprint density at radius 3 is 2.33 bits per heavy atom. The molecule has 0 aliphatic heterocycles. The molecule has 0 aliphatic rings. The monoisotopic (exact) mass is 548 g/mol. The van der Waals surface area contributed by atoms with Crippen molar-refractivity contribution in [2.45, 2.75) is 17.1 Å². The Morgan fingerprint density at radius 2 is 1.67 bits per heavy atom. The highest BCUT2D eigenvalue weighted by Gasteiger charge is 2.28. The summed E-state index contributed by atoms with van der Waals surface area (Å²) in [4.78, 5) is 12.7. The zero-order chi connectivity index (χ0) is 26.0. The number of nitrogens with zero attached hydrogens (tertiary/aromatic N) is 1. The van der Waals surface area contributed by atoms with Crippen LogP contribution >= 0.6 is 23.4 Å². The van der Waals surface area contributed by atoms with Gasteiger partial charge in [0.2, 0.25) is 5.91 Å². The highest BCUT2D eigenvalue weighted by molar-refractivity contribution is 7.98. The molecule has 7 nitrogen and oxygen atoms in total. The Balaban J connectivity index is 1.67. The van der Waals surface area contributed by atoms with Gasteiger partial charge in [-0.1, -0.05) is 41.9 Å². The van der Waals surface area contributed by atoms with Crippen LogP contribution in [0.4, 0.5) is 5.69 Å². The van der Waals surface area contributed by atoms with Crippen molar-refractivity contribution in [2.24, 2.45) is 0 Å². The third-order valence-electron chi connectivity index (χ3n) is 5.24. The van der Waals surface area contributed by atoms with Gasteiger partial charge in [0, 0.05) is 23.4 Å². The zero-order valence-corrected chi connectivity index (χ0v) is 22.5. The van der Waals surface area contributed by atoms with E-state index in [0.29, 0.717) is 23.0 Å². The van der Waals surface area contributed by atoms with E-state index in [1.165, 1.54) is 38.0 Å². The average molecular weight is 549 g/mol. The van der Waals surface area contributed by atoms with Crippen molar-refractivity contribution in [3.63, 3.8) is 0 Å². The van der Waals surface area contributed by atoms with Gasteiger partial charge in [0.05, 0.1) is 24.8 Å². The number of methoxy groups -OCH3 is 2. The van der Waals surface area contributed by atoms with E-state index in [2.05, 4.69) is 17.4 Å². The standard InChI is InChI=1S/C26H29ClN2O5S2/c1-33-24-14-13-23(17-25(24)34-2)36(31,32)29(22-11-9-21(27)10-12-22)18-26(30)28-15-6-16-35-19-20-7-4-3-5-8-20/h3-5,7-14,17H,6,15-16,18-19H2,1-2H3,(H,28,30). The Bertz CT molecular complexity index is 1240. The van der Waals surface area contributed by atoms with Gasteiger partial charge in [0.15, 0.2) is 11.5 Å². The van der Waals surface area contributed by atoms with E-state index < -0.39 is 15.9 Å². The molecular formula is C26H29ClN2O5S2. The van der Waals surface area contributed by atoms with Crippen LogP contribution in [0.2, 0.25) is 5.02 Å². The van der Waals surface area contributed by atoms with Crippen LogP contribution in [0.25, 0.3) is 0 Å². The summed E-state index contributed by atoms with van der Waals surface area (Å²) in [6.07, 6.45) is 0.770. The molecule has 0 unspecified atom stereocenters. The van der Waals surface area contributed by atoms with E-state index in [4.69, 9.17) is 21.1 Å². The second-order valence-corrected chi connectivity index (χ2v) is 11.2. The normalized spacial score (nSPS) is 11.1. The summed E-state index contributed by atoms with van der Waals surface area (Å²) in [6.45, 7) is 0.0704. The molecule has 192 valence electrons. The maximum absolute atomic E-state index is 13.6. The third kappa shape index (κ3) is 7.56. The first kappa shape index (κ1) is 27.7.